The van der Waals surface area contributed by atoms with E-state index < -0.39 is 12.0 Å². The maximum absolute atomic E-state index is 12.2. The number of rotatable bonds is 5. The van der Waals surface area contributed by atoms with E-state index in [1.165, 1.54) is 12.3 Å². The van der Waals surface area contributed by atoms with E-state index in [9.17, 15) is 9.90 Å². The Balaban J connectivity index is 1.66. The summed E-state index contributed by atoms with van der Waals surface area (Å²) in [5.41, 5.74) is 2.80. The fourth-order valence-electron chi connectivity index (χ4n) is 2.43. The van der Waals surface area contributed by atoms with E-state index in [1.54, 1.807) is 19.1 Å². The maximum Gasteiger partial charge on any atom is 0.280 e. The van der Waals surface area contributed by atoms with Gasteiger partial charge >= 0.3 is 0 Å². The second-order valence-corrected chi connectivity index (χ2v) is 6.11. The summed E-state index contributed by atoms with van der Waals surface area (Å²) in [5, 5.41) is 16.0. The number of benzene rings is 3. The zero-order valence-corrected chi connectivity index (χ0v) is 14.8. The molecular formula is C20H17ClN2O3. The molecule has 5 nitrogen and oxygen atoms in total. The molecule has 3 aromatic carbocycles. The number of aromatic hydroxyl groups is 1. The number of carbonyl (C=O) groups is 1. The molecule has 3 aromatic rings. The van der Waals surface area contributed by atoms with E-state index in [1.807, 2.05) is 42.5 Å². The third-order valence-corrected chi connectivity index (χ3v) is 4.03. The highest BCUT2D eigenvalue weighted by atomic mass is 35.5. The van der Waals surface area contributed by atoms with E-state index in [-0.39, 0.29) is 5.75 Å². The van der Waals surface area contributed by atoms with Crippen LogP contribution in [0.25, 0.3) is 10.8 Å². The molecule has 0 heterocycles. The van der Waals surface area contributed by atoms with E-state index in [0.717, 1.165) is 10.8 Å². The number of hydrogen-bond acceptors (Lipinski definition) is 4. The van der Waals surface area contributed by atoms with Gasteiger partial charge in [-0.25, -0.2) is 5.43 Å². The van der Waals surface area contributed by atoms with Gasteiger partial charge in [0, 0.05) is 16.0 Å². The predicted octanol–water partition coefficient (Wildman–Crippen LogP) is 4.12. The summed E-state index contributed by atoms with van der Waals surface area (Å²) >= 11 is 5.87. The van der Waals surface area contributed by atoms with Crippen LogP contribution in [0.3, 0.4) is 0 Å². The minimum Gasteiger partial charge on any atom is -0.507 e. The van der Waals surface area contributed by atoms with Crippen molar-refractivity contribution in [2.24, 2.45) is 5.10 Å². The Bertz CT molecular complexity index is 967. The lowest BCUT2D eigenvalue weighted by atomic mass is 10.1. The Labute approximate surface area is 155 Å². The maximum atomic E-state index is 12.2. The van der Waals surface area contributed by atoms with Crippen molar-refractivity contribution >= 4 is 34.5 Å². The molecule has 0 saturated heterocycles. The molecule has 26 heavy (non-hydrogen) atoms. The fraction of sp³-hybridized carbons (Fsp3) is 0.100. The average molecular weight is 369 g/mol. The van der Waals surface area contributed by atoms with Gasteiger partial charge in [0.1, 0.15) is 11.5 Å². The van der Waals surface area contributed by atoms with Crippen LogP contribution in [0.2, 0.25) is 5.02 Å². The molecule has 0 bridgehead atoms. The number of hydrazone groups is 1. The van der Waals surface area contributed by atoms with E-state index in [2.05, 4.69) is 10.5 Å². The summed E-state index contributed by atoms with van der Waals surface area (Å²) < 4.78 is 5.78. The zero-order valence-electron chi connectivity index (χ0n) is 14.0. The Morgan fingerprint density at radius 3 is 2.81 bits per heavy atom. The summed E-state index contributed by atoms with van der Waals surface area (Å²) in [6.07, 6.45) is 0.579. The molecular weight excluding hydrogens is 352 g/mol. The zero-order chi connectivity index (χ0) is 18.5. The van der Waals surface area contributed by atoms with Gasteiger partial charge in [-0.1, -0.05) is 48.0 Å². The molecule has 0 aliphatic heterocycles. The Hall–Kier alpha value is -3.05. The highest BCUT2D eigenvalue weighted by molar-refractivity contribution is 6.30. The first-order valence-corrected chi connectivity index (χ1v) is 8.38. The Morgan fingerprint density at radius 1 is 1.19 bits per heavy atom. The highest BCUT2D eigenvalue weighted by Crippen LogP contribution is 2.26. The summed E-state index contributed by atoms with van der Waals surface area (Å²) in [4.78, 5) is 12.2. The predicted molar refractivity (Wildman–Crippen MR) is 103 cm³/mol. The molecule has 0 radical (unpaired) electrons. The molecule has 1 unspecified atom stereocenters. The van der Waals surface area contributed by atoms with Crippen LogP contribution in [0.5, 0.6) is 11.5 Å². The monoisotopic (exact) mass is 368 g/mol. The van der Waals surface area contributed by atoms with Crippen molar-refractivity contribution in [3.63, 3.8) is 0 Å². The normalized spacial score (nSPS) is 12.2. The number of nitrogens with zero attached hydrogens (tertiary/aromatic N) is 1. The largest absolute Gasteiger partial charge is 0.507 e. The molecule has 1 atom stereocenters. The highest BCUT2D eigenvalue weighted by Gasteiger charge is 2.15. The lowest BCUT2D eigenvalue weighted by molar-refractivity contribution is -0.127. The summed E-state index contributed by atoms with van der Waals surface area (Å²) in [6.45, 7) is 1.64. The minimum absolute atomic E-state index is 0.0208. The number of fused-ring (bicyclic) bond motifs is 1. The van der Waals surface area contributed by atoms with Gasteiger partial charge in [0.2, 0.25) is 0 Å². The molecule has 0 aliphatic carbocycles. The first-order valence-electron chi connectivity index (χ1n) is 8.00. The van der Waals surface area contributed by atoms with Crippen LogP contribution in [-0.4, -0.2) is 23.3 Å². The van der Waals surface area contributed by atoms with E-state index >= 15 is 0 Å². The number of nitrogens with one attached hydrogen (secondary N) is 1. The van der Waals surface area contributed by atoms with Crippen molar-refractivity contribution in [1.82, 2.24) is 5.43 Å². The average Bonchev–Trinajstić information content (AvgIpc) is 2.64. The van der Waals surface area contributed by atoms with Crippen LogP contribution in [0.15, 0.2) is 65.8 Å². The quantitative estimate of drug-likeness (QED) is 0.525. The van der Waals surface area contributed by atoms with Gasteiger partial charge in [0.25, 0.3) is 5.91 Å². The summed E-state index contributed by atoms with van der Waals surface area (Å²) in [5.74, 6) is 0.241. The number of phenols is 1. The van der Waals surface area contributed by atoms with Crippen LogP contribution in [0.4, 0.5) is 0 Å². The van der Waals surface area contributed by atoms with Gasteiger partial charge in [-0.05, 0) is 36.6 Å². The van der Waals surface area contributed by atoms with Crippen LogP contribution >= 0.6 is 11.6 Å². The van der Waals surface area contributed by atoms with Gasteiger partial charge in [-0.2, -0.15) is 5.10 Å². The van der Waals surface area contributed by atoms with Gasteiger partial charge in [-0.3, -0.25) is 4.79 Å². The van der Waals surface area contributed by atoms with Crippen LogP contribution in [-0.2, 0) is 4.79 Å². The van der Waals surface area contributed by atoms with Crippen molar-refractivity contribution in [2.45, 2.75) is 13.0 Å². The summed E-state index contributed by atoms with van der Waals surface area (Å²) in [6, 6.07) is 18.0. The van der Waals surface area contributed by atoms with Gasteiger partial charge in [0.15, 0.2) is 6.10 Å². The second kappa shape index (κ2) is 7.89. The lowest BCUT2D eigenvalue weighted by Crippen LogP contribution is -2.33. The van der Waals surface area contributed by atoms with E-state index in [0.29, 0.717) is 16.3 Å². The van der Waals surface area contributed by atoms with E-state index in [4.69, 9.17) is 16.3 Å². The van der Waals surface area contributed by atoms with Gasteiger partial charge < -0.3 is 9.84 Å². The number of ether oxygens (including phenoxy) is 1. The molecule has 0 spiro atoms. The van der Waals surface area contributed by atoms with Crippen LogP contribution in [0, 0.1) is 0 Å². The third kappa shape index (κ3) is 4.13. The number of amides is 1. The smallest absolute Gasteiger partial charge is 0.280 e. The molecule has 6 heteroatoms. The van der Waals surface area contributed by atoms with Crippen molar-refractivity contribution in [3.05, 3.63) is 71.2 Å². The lowest BCUT2D eigenvalue weighted by Gasteiger charge is -2.14. The molecule has 2 N–H and O–H groups in total. The van der Waals surface area contributed by atoms with Crippen molar-refractivity contribution in [2.75, 3.05) is 0 Å². The van der Waals surface area contributed by atoms with Crippen molar-refractivity contribution in [1.29, 1.82) is 0 Å². The Morgan fingerprint density at radius 2 is 1.96 bits per heavy atom. The van der Waals surface area contributed by atoms with Crippen molar-refractivity contribution in [3.8, 4) is 11.5 Å². The fourth-order valence-corrected chi connectivity index (χ4v) is 2.61. The minimum atomic E-state index is -0.745. The van der Waals surface area contributed by atoms with Gasteiger partial charge in [0.05, 0.1) is 6.21 Å². The molecule has 3 rings (SSSR count). The third-order valence-electron chi connectivity index (χ3n) is 3.79. The molecule has 132 valence electrons. The second-order valence-electron chi connectivity index (χ2n) is 5.67. The molecule has 0 fully saturated rings. The number of phenolic OH excluding ortho intramolecular Hbond substituents is 1. The molecule has 0 saturated carbocycles. The van der Waals surface area contributed by atoms with Crippen molar-refractivity contribution < 1.29 is 14.6 Å². The number of hydrogen-bond donors (Lipinski definition) is 2. The standard InChI is InChI=1S/C20H17ClN2O3/c1-13(26-19-8-4-6-14-5-2-3-7-17(14)19)20(25)23-22-12-15-11-16(21)9-10-18(15)24/h2-13,24H,1H3,(H,23,25). The first-order chi connectivity index (χ1) is 12.5. The first kappa shape index (κ1) is 17.8. The van der Waals surface area contributed by atoms with Gasteiger partial charge in [-0.15, -0.1) is 0 Å². The SMILES string of the molecule is CC(Oc1cccc2ccccc12)C(=O)NN=Cc1cc(Cl)ccc1O. The molecule has 0 aliphatic rings. The molecule has 0 aromatic heterocycles. The van der Waals surface area contributed by atoms with Crippen LogP contribution < -0.4 is 10.2 Å². The summed E-state index contributed by atoms with van der Waals surface area (Å²) in [7, 11) is 0. The number of carbonyl (C=O) groups excluding carboxylic acids is 1. The topological polar surface area (TPSA) is 70.9 Å². The number of halogens is 1. The molecule has 1 amide bonds. The van der Waals surface area contributed by atoms with Crippen LogP contribution in [0.1, 0.15) is 12.5 Å². The Kier molecular flexibility index (Phi) is 5.39.